The van der Waals surface area contributed by atoms with Gasteiger partial charge in [-0.25, -0.2) is 15.0 Å². The minimum absolute atomic E-state index is 0.688. The Morgan fingerprint density at radius 3 is 1.30 bits per heavy atom. The zero-order valence-electron chi connectivity index (χ0n) is 32.5. The monoisotopic (exact) mass is 761 g/mol. The van der Waals surface area contributed by atoms with Crippen molar-refractivity contribution in [2.75, 3.05) is 0 Å². The van der Waals surface area contributed by atoms with Crippen molar-refractivity contribution in [1.29, 1.82) is 0 Å². The lowest BCUT2D eigenvalue weighted by molar-refractivity contribution is 1.19. The first kappa shape index (κ1) is 34.1. The minimum atomic E-state index is 0.688. The molecular formula is C57H35N3. The molecule has 0 saturated carbocycles. The normalized spacial score (nSPS) is 11.7. The summed E-state index contributed by atoms with van der Waals surface area (Å²) in [6.45, 7) is 0. The van der Waals surface area contributed by atoms with E-state index in [1.54, 1.807) is 0 Å². The van der Waals surface area contributed by atoms with Gasteiger partial charge >= 0.3 is 0 Å². The first-order valence-electron chi connectivity index (χ1n) is 20.4. The SMILES string of the molecule is c1ccc(-c2nc(-c3ccc4ccccc4c3)c(-c3ccc(-c4nc5ccccc5c5c6ccccc6c6ccccc6c45)cc3)c(-c3ccc4ccccc4c3)n2)cc1. The van der Waals surface area contributed by atoms with Crippen LogP contribution in [0.15, 0.2) is 212 Å². The molecule has 0 fully saturated rings. The molecule has 0 unspecified atom stereocenters. The lowest BCUT2D eigenvalue weighted by Crippen LogP contribution is -2.01. The highest BCUT2D eigenvalue weighted by Gasteiger charge is 2.22. The quantitative estimate of drug-likeness (QED) is 0.164. The number of nitrogens with zero attached hydrogens (tertiary/aromatic N) is 3. The average Bonchev–Trinajstić information content (AvgIpc) is 3.33. The Bertz CT molecular complexity index is 3550. The van der Waals surface area contributed by atoms with E-state index in [0.29, 0.717) is 5.82 Å². The maximum absolute atomic E-state index is 5.44. The van der Waals surface area contributed by atoms with Crippen molar-refractivity contribution in [1.82, 2.24) is 15.0 Å². The highest BCUT2D eigenvalue weighted by atomic mass is 14.9. The Morgan fingerprint density at radius 1 is 0.250 bits per heavy atom. The number of hydrogen-bond donors (Lipinski definition) is 0. The second-order valence-electron chi connectivity index (χ2n) is 15.5. The Morgan fingerprint density at radius 2 is 0.700 bits per heavy atom. The van der Waals surface area contributed by atoms with Gasteiger partial charge in [0, 0.05) is 44.0 Å². The summed E-state index contributed by atoms with van der Waals surface area (Å²) >= 11 is 0. The highest BCUT2D eigenvalue weighted by molar-refractivity contribution is 6.33. The van der Waals surface area contributed by atoms with Crippen molar-refractivity contribution in [3.63, 3.8) is 0 Å². The summed E-state index contributed by atoms with van der Waals surface area (Å²) in [6, 6.07) is 75.6. The third-order valence-corrected chi connectivity index (χ3v) is 12.0. The predicted molar refractivity (Wildman–Crippen MR) is 252 cm³/mol. The van der Waals surface area contributed by atoms with Crippen molar-refractivity contribution in [2.24, 2.45) is 0 Å². The van der Waals surface area contributed by atoms with Gasteiger partial charge < -0.3 is 0 Å². The Labute approximate surface area is 346 Å². The van der Waals surface area contributed by atoms with Crippen LogP contribution in [0.5, 0.6) is 0 Å². The molecule has 0 radical (unpaired) electrons. The Hall–Kier alpha value is -8.01. The smallest absolute Gasteiger partial charge is 0.160 e. The molecule has 0 atom stereocenters. The fourth-order valence-electron chi connectivity index (χ4n) is 9.17. The van der Waals surface area contributed by atoms with Gasteiger partial charge in [0.25, 0.3) is 0 Å². The van der Waals surface area contributed by atoms with E-state index in [9.17, 15) is 0 Å². The van der Waals surface area contributed by atoms with Gasteiger partial charge in [-0.15, -0.1) is 0 Å². The molecule has 0 spiro atoms. The third kappa shape index (κ3) is 5.55. The Balaban J connectivity index is 1.14. The van der Waals surface area contributed by atoms with E-state index >= 15 is 0 Å². The van der Waals surface area contributed by atoms with Gasteiger partial charge in [-0.05, 0) is 66.9 Å². The Kier molecular flexibility index (Phi) is 7.85. The maximum atomic E-state index is 5.44. The summed E-state index contributed by atoms with van der Waals surface area (Å²) in [7, 11) is 0. The van der Waals surface area contributed by atoms with E-state index in [-0.39, 0.29) is 0 Å². The van der Waals surface area contributed by atoms with Crippen molar-refractivity contribution in [2.45, 2.75) is 0 Å². The molecule has 0 amide bonds. The molecule has 10 aromatic carbocycles. The van der Waals surface area contributed by atoms with Crippen LogP contribution in [-0.2, 0) is 0 Å². The van der Waals surface area contributed by atoms with Gasteiger partial charge in [-0.2, -0.15) is 0 Å². The molecule has 0 bridgehead atoms. The molecule has 0 saturated heterocycles. The zero-order chi connectivity index (χ0) is 39.6. The van der Waals surface area contributed by atoms with Crippen molar-refractivity contribution >= 4 is 64.8 Å². The molecule has 2 heterocycles. The second kappa shape index (κ2) is 13.8. The van der Waals surface area contributed by atoms with Crippen LogP contribution in [0.3, 0.4) is 0 Å². The van der Waals surface area contributed by atoms with E-state index in [4.69, 9.17) is 15.0 Å². The summed E-state index contributed by atoms with van der Waals surface area (Å²) in [5.41, 5.74) is 9.83. The van der Waals surface area contributed by atoms with Gasteiger partial charge in [-0.1, -0.05) is 194 Å². The number of benzene rings is 10. The lowest BCUT2D eigenvalue weighted by atomic mass is 9.89. The van der Waals surface area contributed by atoms with E-state index in [1.165, 1.54) is 43.1 Å². The van der Waals surface area contributed by atoms with Crippen LogP contribution in [0.1, 0.15) is 0 Å². The van der Waals surface area contributed by atoms with Crippen molar-refractivity contribution < 1.29 is 0 Å². The van der Waals surface area contributed by atoms with Gasteiger partial charge in [0.2, 0.25) is 0 Å². The van der Waals surface area contributed by atoms with Crippen LogP contribution >= 0.6 is 0 Å². The summed E-state index contributed by atoms with van der Waals surface area (Å²) in [5, 5.41) is 13.2. The van der Waals surface area contributed by atoms with Crippen LogP contribution in [0.2, 0.25) is 0 Å². The van der Waals surface area contributed by atoms with E-state index in [2.05, 4.69) is 194 Å². The first-order valence-corrected chi connectivity index (χ1v) is 20.4. The number of pyridine rings is 1. The summed E-state index contributed by atoms with van der Waals surface area (Å²) in [6.07, 6.45) is 0. The minimum Gasteiger partial charge on any atom is -0.247 e. The molecule has 0 aliphatic rings. The lowest BCUT2D eigenvalue weighted by Gasteiger charge is -2.18. The van der Waals surface area contributed by atoms with Crippen LogP contribution in [0.25, 0.3) is 121 Å². The zero-order valence-corrected chi connectivity index (χ0v) is 32.5. The predicted octanol–water partition coefficient (Wildman–Crippen LogP) is 15.1. The van der Waals surface area contributed by atoms with Gasteiger partial charge in [0.15, 0.2) is 5.82 Å². The van der Waals surface area contributed by atoms with Gasteiger partial charge in [-0.3, -0.25) is 0 Å². The van der Waals surface area contributed by atoms with Crippen molar-refractivity contribution in [3.8, 4) is 56.3 Å². The molecule has 3 heteroatoms. The van der Waals surface area contributed by atoms with Crippen molar-refractivity contribution in [3.05, 3.63) is 212 Å². The largest absolute Gasteiger partial charge is 0.247 e. The third-order valence-electron chi connectivity index (χ3n) is 12.0. The van der Waals surface area contributed by atoms with Crippen LogP contribution in [0.4, 0.5) is 0 Å². The van der Waals surface area contributed by atoms with Gasteiger partial charge in [0.1, 0.15) is 0 Å². The van der Waals surface area contributed by atoms with E-state index in [0.717, 1.165) is 72.1 Å². The van der Waals surface area contributed by atoms with Crippen LogP contribution in [-0.4, -0.2) is 15.0 Å². The molecule has 0 aliphatic heterocycles. The molecular weight excluding hydrogens is 727 g/mol. The molecule has 0 aliphatic carbocycles. The number of hydrogen-bond acceptors (Lipinski definition) is 3. The summed E-state index contributed by atoms with van der Waals surface area (Å²) in [5.74, 6) is 0.688. The fourth-order valence-corrected chi connectivity index (χ4v) is 9.17. The van der Waals surface area contributed by atoms with E-state index in [1.807, 2.05) is 18.2 Å². The summed E-state index contributed by atoms with van der Waals surface area (Å²) < 4.78 is 0. The highest BCUT2D eigenvalue weighted by Crippen LogP contribution is 2.45. The molecule has 3 nitrogen and oxygen atoms in total. The van der Waals surface area contributed by atoms with Gasteiger partial charge in [0.05, 0.1) is 22.6 Å². The molecule has 12 aromatic rings. The number of aromatic nitrogens is 3. The van der Waals surface area contributed by atoms with E-state index < -0.39 is 0 Å². The molecule has 278 valence electrons. The maximum Gasteiger partial charge on any atom is 0.160 e. The fraction of sp³-hybridized carbons (Fsp3) is 0. The second-order valence-corrected chi connectivity index (χ2v) is 15.5. The van der Waals surface area contributed by atoms with Crippen LogP contribution in [0, 0.1) is 0 Å². The first-order chi connectivity index (χ1) is 29.7. The van der Waals surface area contributed by atoms with Crippen LogP contribution < -0.4 is 0 Å². The number of rotatable bonds is 5. The molecule has 2 aromatic heterocycles. The average molecular weight is 762 g/mol. The molecule has 12 rings (SSSR count). The topological polar surface area (TPSA) is 38.7 Å². The molecule has 0 N–H and O–H groups in total. The standard InChI is InChI=1S/C57H35N3/c1-2-16-40(17-3-1)57-59-55(43-32-26-36-14-4-6-18-41(36)34-43)51(56(60-57)44-33-27-37-15-5-7-19-42(37)35-44)38-28-30-39(31-29-38)54-53-48-23-11-9-21-46(48)45-20-8-10-22-47(45)52(53)49-24-12-13-25-50(49)58-54/h1-35H. The molecule has 60 heavy (non-hydrogen) atoms. The number of fused-ring (bicyclic) bond motifs is 10. The number of para-hydroxylation sites is 1. The summed E-state index contributed by atoms with van der Waals surface area (Å²) in [4.78, 5) is 16.3.